The lowest BCUT2D eigenvalue weighted by Gasteiger charge is -2.29. The number of carbonyl (C=O) groups is 2. The molecule has 4 atom stereocenters. The van der Waals surface area contributed by atoms with Crippen LogP contribution in [0.5, 0.6) is 5.75 Å². The highest BCUT2D eigenvalue weighted by Crippen LogP contribution is 2.33. The quantitative estimate of drug-likeness (QED) is 0.568. The number of Topliss-reactive ketones (excluding diaryl/α,β-unsaturated/α-hetero) is 1. The summed E-state index contributed by atoms with van der Waals surface area (Å²) in [7, 11) is 0. The second kappa shape index (κ2) is 10.3. The van der Waals surface area contributed by atoms with E-state index in [4.69, 9.17) is 4.74 Å². The zero-order chi connectivity index (χ0) is 23.4. The van der Waals surface area contributed by atoms with Gasteiger partial charge in [-0.3, -0.25) is 4.79 Å². The molecule has 2 heterocycles. The average Bonchev–Trinajstić information content (AvgIpc) is 2.77. The molecule has 0 bridgehead atoms. The Morgan fingerprint density at radius 3 is 2.47 bits per heavy atom. The van der Waals surface area contributed by atoms with Gasteiger partial charge in [0.05, 0.1) is 6.10 Å². The summed E-state index contributed by atoms with van der Waals surface area (Å²) < 4.78 is 19.7. The van der Waals surface area contributed by atoms with Crippen molar-refractivity contribution < 1.29 is 34.0 Å². The van der Waals surface area contributed by atoms with E-state index in [1.165, 1.54) is 18.2 Å². The number of hydrogen-bond acceptors (Lipinski definition) is 7. The van der Waals surface area contributed by atoms with Crippen molar-refractivity contribution in [3.05, 3.63) is 41.2 Å². The maximum Gasteiger partial charge on any atom is 0.342 e. The Morgan fingerprint density at radius 2 is 1.78 bits per heavy atom. The maximum atomic E-state index is 14.3. The maximum absolute atomic E-state index is 14.3. The molecule has 0 spiro atoms. The minimum Gasteiger partial charge on any atom is -0.507 e. The lowest BCUT2D eigenvalue weighted by molar-refractivity contribution is -0.130. The van der Waals surface area contributed by atoms with Crippen LogP contribution in [0.25, 0.3) is 6.08 Å². The lowest BCUT2D eigenvalue weighted by Crippen LogP contribution is -2.34. The van der Waals surface area contributed by atoms with Gasteiger partial charge in [0.1, 0.15) is 23.5 Å². The molecule has 0 aromatic heterocycles. The van der Waals surface area contributed by atoms with Crippen LogP contribution in [0, 0.1) is 5.92 Å². The topological polar surface area (TPSA) is 107 Å². The molecule has 0 unspecified atom stereocenters. The Labute approximate surface area is 186 Å². The van der Waals surface area contributed by atoms with Gasteiger partial charge in [0.25, 0.3) is 0 Å². The van der Waals surface area contributed by atoms with Crippen LogP contribution < -0.4 is 4.90 Å². The van der Waals surface area contributed by atoms with Gasteiger partial charge in [-0.2, -0.15) is 0 Å². The molecule has 3 rings (SSSR count). The zero-order valence-corrected chi connectivity index (χ0v) is 18.3. The van der Waals surface area contributed by atoms with Gasteiger partial charge in [0, 0.05) is 30.8 Å². The minimum absolute atomic E-state index is 0.0336. The van der Waals surface area contributed by atoms with Gasteiger partial charge >= 0.3 is 5.97 Å². The Hall–Kier alpha value is -2.71. The second-order valence-electron chi connectivity index (χ2n) is 8.48. The smallest absolute Gasteiger partial charge is 0.342 e. The van der Waals surface area contributed by atoms with Crippen LogP contribution in [0.15, 0.2) is 30.1 Å². The number of hydrogen-bond donors (Lipinski definition) is 3. The number of esters is 1. The van der Waals surface area contributed by atoms with Gasteiger partial charge in [0.2, 0.25) is 5.78 Å². The number of anilines is 1. The number of ketones is 1. The summed E-state index contributed by atoms with van der Waals surface area (Å²) in [5.74, 6) is -4.13. The molecule has 2 aliphatic rings. The number of aliphatic hydroxyl groups excluding tert-OH is 2. The number of phenols is 1. The van der Waals surface area contributed by atoms with Gasteiger partial charge in [-0.05, 0) is 50.3 Å². The second-order valence-corrected chi connectivity index (χ2v) is 8.48. The van der Waals surface area contributed by atoms with Gasteiger partial charge in [0.15, 0.2) is 5.83 Å². The molecule has 0 saturated carbocycles. The van der Waals surface area contributed by atoms with Crippen LogP contribution in [-0.2, 0) is 9.53 Å². The molecule has 1 aromatic carbocycles. The van der Waals surface area contributed by atoms with Crippen LogP contribution in [0.2, 0.25) is 0 Å². The molecule has 2 aliphatic heterocycles. The first-order valence-corrected chi connectivity index (χ1v) is 11.0. The molecule has 32 heavy (non-hydrogen) atoms. The van der Waals surface area contributed by atoms with Crippen molar-refractivity contribution in [3.63, 3.8) is 0 Å². The molecule has 0 aliphatic carbocycles. The van der Waals surface area contributed by atoms with Crippen LogP contribution in [-0.4, -0.2) is 58.5 Å². The fourth-order valence-corrected chi connectivity index (χ4v) is 3.88. The van der Waals surface area contributed by atoms with Crippen LogP contribution in [0.4, 0.5) is 10.1 Å². The molecular formula is C24H30FNO6. The number of piperidine rings is 1. The van der Waals surface area contributed by atoms with E-state index in [2.05, 4.69) is 4.90 Å². The molecular weight excluding hydrogens is 417 g/mol. The number of aromatic hydroxyl groups is 1. The summed E-state index contributed by atoms with van der Waals surface area (Å²) in [4.78, 5) is 27.1. The van der Waals surface area contributed by atoms with Crippen molar-refractivity contribution in [3.8, 4) is 5.75 Å². The fraction of sp³-hybridized carbons (Fsp3) is 0.500. The number of aliphatic hydroxyl groups is 2. The molecule has 1 saturated heterocycles. The average molecular weight is 448 g/mol. The molecule has 1 fully saturated rings. The van der Waals surface area contributed by atoms with Crippen molar-refractivity contribution in [1.29, 1.82) is 0 Å². The summed E-state index contributed by atoms with van der Waals surface area (Å²) in [6, 6.07) is 3.30. The third kappa shape index (κ3) is 5.37. The summed E-state index contributed by atoms with van der Waals surface area (Å²) in [5.41, 5.74) is 1.12. The number of fused-ring (bicyclic) bond motifs is 1. The van der Waals surface area contributed by atoms with Crippen LogP contribution in [0.1, 0.15) is 55.5 Å². The predicted octanol–water partition coefficient (Wildman–Crippen LogP) is 3.13. The number of cyclic esters (lactones) is 1. The van der Waals surface area contributed by atoms with E-state index in [0.29, 0.717) is 5.56 Å². The largest absolute Gasteiger partial charge is 0.507 e. The van der Waals surface area contributed by atoms with Crippen molar-refractivity contribution in [2.75, 3.05) is 18.0 Å². The van der Waals surface area contributed by atoms with Gasteiger partial charge in [-0.1, -0.05) is 19.1 Å². The van der Waals surface area contributed by atoms with Crippen molar-refractivity contribution in [1.82, 2.24) is 0 Å². The SMILES string of the molecule is C[C@@H]1/C=C(/F)C(=O)[C@@H](O)[C@@H](O)C/C=C/c2cc(N3CCCCC3)cc(O)c2C(=O)O[C@H]1C. The van der Waals surface area contributed by atoms with Crippen molar-refractivity contribution in [2.24, 2.45) is 5.92 Å². The van der Waals surface area contributed by atoms with Crippen LogP contribution >= 0.6 is 0 Å². The Morgan fingerprint density at radius 1 is 1.09 bits per heavy atom. The fourth-order valence-electron chi connectivity index (χ4n) is 3.88. The monoisotopic (exact) mass is 447 g/mol. The van der Waals surface area contributed by atoms with E-state index in [1.807, 2.05) is 0 Å². The number of ether oxygens (including phenoxy) is 1. The van der Waals surface area contributed by atoms with E-state index < -0.39 is 41.8 Å². The number of benzene rings is 1. The van der Waals surface area contributed by atoms with E-state index in [9.17, 15) is 29.3 Å². The standard InChI is InChI=1S/C24H30FNO6/c1-14-11-18(25)22(29)23(30)19(27)8-6-7-16-12-17(26-9-4-3-5-10-26)13-20(28)21(16)24(31)32-15(14)2/h6-7,11-15,19,23,27-28,30H,3-5,8-10H2,1-2H3/b7-6+,18-11+/t14-,15+,19+,23+/m1/s1. The number of rotatable bonds is 1. The minimum atomic E-state index is -1.92. The summed E-state index contributed by atoms with van der Waals surface area (Å²) in [6.45, 7) is 4.78. The first-order chi connectivity index (χ1) is 15.2. The Balaban J connectivity index is 2.03. The van der Waals surface area contributed by atoms with E-state index in [1.54, 1.807) is 19.9 Å². The number of halogens is 1. The normalized spacial score (nSPS) is 30.5. The number of carbonyl (C=O) groups excluding carboxylic acids is 2. The molecule has 1 aromatic rings. The van der Waals surface area contributed by atoms with E-state index in [0.717, 1.165) is 44.1 Å². The van der Waals surface area contributed by atoms with Crippen molar-refractivity contribution >= 4 is 23.5 Å². The summed E-state index contributed by atoms with van der Waals surface area (Å²) in [6.07, 6.45) is 2.74. The third-order valence-corrected chi connectivity index (χ3v) is 6.04. The van der Waals surface area contributed by atoms with Gasteiger partial charge < -0.3 is 25.0 Å². The summed E-state index contributed by atoms with van der Waals surface area (Å²) in [5, 5.41) is 30.9. The lowest BCUT2D eigenvalue weighted by atomic mass is 9.98. The molecule has 174 valence electrons. The number of phenolic OH excluding ortho intramolecular Hbond substituents is 1. The van der Waals surface area contributed by atoms with Gasteiger partial charge in [-0.15, -0.1) is 0 Å². The summed E-state index contributed by atoms with van der Waals surface area (Å²) >= 11 is 0. The third-order valence-electron chi connectivity index (χ3n) is 6.04. The highest BCUT2D eigenvalue weighted by Gasteiger charge is 2.29. The zero-order valence-electron chi connectivity index (χ0n) is 18.3. The van der Waals surface area contributed by atoms with Crippen LogP contribution in [0.3, 0.4) is 0 Å². The Kier molecular flexibility index (Phi) is 7.69. The first-order valence-electron chi connectivity index (χ1n) is 11.0. The molecule has 0 amide bonds. The Bertz CT molecular complexity index is 921. The first kappa shape index (κ1) is 23.9. The van der Waals surface area contributed by atoms with Crippen molar-refractivity contribution in [2.45, 2.75) is 57.8 Å². The molecule has 7 nitrogen and oxygen atoms in total. The molecule has 0 radical (unpaired) electrons. The number of nitrogens with zero attached hydrogens (tertiary/aromatic N) is 1. The molecule has 8 heteroatoms. The van der Waals surface area contributed by atoms with E-state index in [-0.39, 0.29) is 17.7 Å². The van der Waals surface area contributed by atoms with E-state index >= 15 is 0 Å². The predicted molar refractivity (Wildman–Crippen MR) is 118 cm³/mol. The molecule has 3 N–H and O–H groups in total. The highest BCUT2D eigenvalue weighted by atomic mass is 19.1. The highest BCUT2D eigenvalue weighted by molar-refractivity contribution is 5.98. The van der Waals surface area contributed by atoms with Gasteiger partial charge in [-0.25, -0.2) is 9.18 Å².